The molecule has 5 aliphatic rings. The standard InChI is InChI=1S/C65H71ClFN11O8/c1-40(2)86-56-36-49(83-5)21-23-51(56)62-71-59(42-12-10-41(3)11-13-42)60(43-14-16-45(66)17-15-43)78(62)65(82)74-28-27-73(57(80)39-74)29-31-85-33-32-84-30-24-48(79)8-6-26-77-63(69-4)58-44-34-55(61(68)70-37-44)75-25-7-9-54(75)52-35-46(67)18-22-50(52)64(81)76(47-19-20-47)38-53(58)72-77/h10-18,21-23,34-37,40,47,54,59-60H,6-9,19-20,24-33,38-39H2,1-3,5H3,(H2,68,70)/t54-,59+,60-/m1/s1. The molecule has 86 heavy (non-hydrogen) atoms. The van der Waals surface area contributed by atoms with Crippen molar-refractivity contribution in [2.24, 2.45) is 4.99 Å². The summed E-state index contributed by atoms with van der Waals surface area (Å²) in [5.74, 6) is 1.25. The molecule has 11 rings (SSSR count). The highest BCUT2D eigenvalue weighted by Crippen LogP contribution is 2.48. The Labute approximate surface area is 505 Å². The van der Waals surface area contributed by atoms with E-state index in [1.165, 1.54) is 12.1 Å². The summed E-state index contributed by atoms with van der Waals surface area (Å²) < 4.78 is 40.1. The topological polar surface area (TPSA) is 195 Å². The van der Waals surface area contributed by atoms with Crippen LogP contribution in [0.4, 0.5) is 26.5 Å². The summed E-state index contributed by atoms with van der Waals surface area (Å²) in [7, 11) is 1.59. The highest BCUT2D eigenvalue weighted by Gasteiger charge is 2.46. The number of nitrogens with zero attached hydrogens (tertiary/aromatic N) is 10. The zero-order valence-electron chi connectivity index (χ0n) is 48.9. The van der Waals surface area contributed by atoms with E-state index in [-0.39, 0.29) is 113 Å². The second kappa shape index (κ2) is 26.1. The number of aromatic nitrogens is 3. The highest BCUT2D eigenvalue weighted by atomic mass is 35.5. The molecule has 4 amide bonds. The molecule has 3 fully saturated rings. The Morgan fingerprint density at radius 3 is 2.34 bits per heavy atom. The van der Waals surface area contributed by atoms with Crippen LogP contribution in [-0.4, -0.2) is 142 Å². The first-order chi connectivity index (χ1) is 41.7. The van der Waals surface area contributed by atoms with Crippen LogP contribution in [0.2, 0.25) is 5.02 Å². The lowest BCUT2D eigenvalue weighted by Crippen LogP contribution is -2.56. The summed E-state index contributed by atoms with van der Waals surface area (Å²) in [5, 5.41) is 5.51. The maximum absolute atomic E-state index is 15.2. The Balaban J connectivity index is 0.673. The van der Waals surface area contributed by atoms with Crippen LogP contribution in [0.5, 0.6) is 11.5 Å². The SMILES string of the molecule is [C-]#[N+]c1c2c(nn1CCCC(=O)CCOCCOCCN1CCN(C(=O)N3C(c4ccc(OC)cc4OC(C)C)=N[C@@H](c4ccc(C)cc4)[C@H]3c3ccc(Cl)cc3)CC1=O)CN(C1CC1)C(=O)c1ccc(F)cc1[C@H]1CCCN1c1cc-2cnc1N. The van der Waals surface area contributed by atoms with Gasteiger partial charge in [0.25, 0.3) is 11.7 Å². The zero-order chi connectivity index (χ0) is 60.2. The number of carbonyl (C=O) groups excluding carboxylic acids is 4. The van der Waals surface area contributed by atoms with E-state index in [0.717, 1.165) is 36.0 Å². The summed E-state index contributed by atoms with van der Waals surface area (Å²) in [6.07, 6.45) is 5.46. The summed E-state index contributed by atoms with van der Waals surface area (Å²) in [6, 6.07) is 25.5. The van der Waals surface area contributed by atoms with E-state index >= 15 is 4.79 Å². The molecule has 6 heterocycles. The number of amides is 4. The number of nitrogens with two attached hydrogens (primary N) is 1. The minimum Gasteiger partial charge on any atom is -0.497 e. The number of urea groups is 1. The zero-order valence-corrected chi connectivity index (χ0v) is 49.7. The molecule has 3 atom stereocenters. The van der Waals surface area contributed by atoms with E-state index in [9.17, 15) is 18.8 Å². The lowest BCUT2D eigenvalue weighted by Gasteiger charge is -2.38. The molecule has 2 bridgehead atoms. The molecule has 1 saturated carbocycles. The second-order valence-electron chi connectivity index (χ2n) is 22.8. The molecule has 2 saturated heterocycles. The van der Waals surface area contributed by atoms with Gasteiger partial charge in [0.05, 0.1) is 76.1 Å². The Morgan fingerprint density at radius 2 is 1.60 bits per heavy atom. The number of pyridine rings is 1. The number of Topliss-reactive ketones (excluding diaryl/α,β-unsaturated/α-hetero) is 1. The van der Waals surface area contributed by atoms with Gasteiger partial charge < -0.3 is 49.1 Å². The molecule has 4 aromatic carbocycles. The minimum absolute atomic E-state index is 0.00369. The van der Waals surface area contributed by atoms with Crippen LogP contribution in [0.15, 0.2) is 102 Å². The van der Waals surface area contributed by atoms with Crippen molar-refractivity contribution in [3.63, 3.8) is 0 Å². The van der Waals surface area contributed by atoms with Gasteiger partial charge in [-0.2, -0.15) is 4.68 Å². The van der Waals surface area contributed by atoms with E-state index < -0.39 is 17.9 Å². The number of methoxy groups -OCH3 is 1. The van der Waals surface area contributed by atoms with Crippen molar-refractivity contribution < 1.29 is 42.5 Å². The molecule has 448 valence electrons. The molecule has 2 N–H and O–H groups in total. The number of aryl methyl sites for hydroxylation is 2. The fourth-order valence-corrected chi connectivity index (χ4v) is 12.2. The molecule has 1 aliphatic carbocycles. The summed E-state index contributed by atoms with van der Waals surface area (Å²) in [4.78, 5) is 79.5. The number of carbonyl (C=O) groups is 4. The molecule has 0 unspecified atom stereocenters. The number of piperazine rings is 1. The van der Waals surface area contributed by atoms with Gasteiger partial charge in [0.1, 0.15) is 53.0 Å². The summed E-state index contributed by atoms with van der Waals surface area (Å²) >= 11 is 6.41. The molecular weight excluding hydrogens is 1120 g/mol. The molecule has 6 aromatic rings. The van der Waals surface area contributed by atoms with Gasteiger partial charge in [-0.15, -0.1) is 5.10 Å². The number of ether oxygens (including phenoxy) is 4. The molecule has 0 spiro atoms. The maximum Gasteiger partial charge on any atom is 0.326 e. The number of rotatable bonds is 20. The lowest BCUT2D eigenvalue weighted by atomic mass is 9.93. The van der Waals surface area contributed by atoms with Gasteiger partial charge in [-0.1, -0.05) is 60.1 Å². The largest absolute Gasteiger partial charge is 0.497 e. The van der Waals surface area contributed by atoms with E-state index in [4.69, 9.17) is 52.9 Å². The van der Waals surface area contributed by atoms with E-state index in [2.05, 4.69) is 14.7 Å². The van der Waals surface area contributed by atoms with Crippen molar-refractivity contribution in [2.75, 3.05) is 76.9 Å². The van der Waals surface area contributed by atoms with Crippen LogP contribution in [-0.2, 0) is 32.2 Å². The van der Waals surface area contributed by atoms with Crippen LogP contribution < -0.4 is 20.1 Å². The normalized spacial score (nSPS) is 18.5. The monoisotopic (exact) mass is 1190 g/mol. The van der Waals surface area contributed by atoms with E-state index in [1.54, 1.807) is 61.9 Å². The van der Waals surface area contributed by atoms with Gasteiger partial charge in [-0.25, -0.2) is 14.2 Å². The summed E-state index contributed by atoms with van der Waals surface area (Å²) in [5.41, 5.74) is 13.4. The smallest absolute Gasteiger partial charge is 0.326 e. The maximum atomic E-state index is 15.2. The fraction of sp³-hybridized carbons (Fsp3) is 0.415. The molecule has 0 radical (unpaired) electrons. The predicted octanol–water partition coefficient (Wildman–Crippen LogP) is 10.7. The number of anilines is 2. The number of benzene rings is 4. The fourth-order valence-electron chi connectivity index (χ4n) is 12.1. The van der Waals surface area contributed by atoms with Gasteiger partial charge in [0.15, 0.2) is 0 Å². The number of halogens is 2. The quantitative estimate of drug-likeness (QED) is 0.0562. The van der Waals surface area contributed by atoms with Gasteiger partial charge >= 0.3 is 6.03 Å². The van der Waals surface area contributed by atoms with Crippen molar-refractivity contribution in [1.29, 1.82) is 0 Å². The Bertz CT molecular complexity index is 3590. The minimum atomic E-state index is -0.592. The van der Waals surface area contributed by atoms with Crippen molar-refractivity contribution in [1.82, 2.24) is 34.4 Å². The van der Waals surface area contributed by atoms with Gasteiger partial charge in [-0.3, -0.25) is 24.3 Å². The Hall–Kier alpha value is -8.38. The van der Waals surface area contributed by atoms with Crippen molar-refractivity contribution >= 4 is 58.4 Å². The number of amidine groups is 1. The van der Waals surface area contributed by atoms with Crippen LogP contribution >= 0.6 is 11.6 Å². The number of hydrogen-bond acceptors (Lipinski definition) is 13. The number of ketones is 1. The first-order valence-corrected chi connectivity index (χ1v) is 29.9. The number of fused-ring (bicyclic) bond motifs is 8. The van der Waals surface area contributed by atoms with Gasteiger partial charge in [-0.05, 0) is 124 Å². The predicted molar refractivity (Wildman–Crippen MR) is 324 cm³/mol. The first-order valence-electron chi connectivity index (χ1n) is 29.6. The number of hydrogen-bond donors (Lipinski definition) is 1. The molecular formula is C65H71ClFN11O8. The van der Waals surface area contributed by atoms with Crippen LogP contribution in [0.1, 0.15) is 121 Å². The average Bonchev–Trinajstić information content (AvgIpc) is 1.66. The van der Waals surface area contributed by atoms with Gasteiger partial charge in [0.2, 0.25) is 5.91 Å². The Morgan fingerprint density at radius 1 is 0.849 bits per heavy atom. The van der Waals surface area contributed by atoms with E-state index in [1.807, 2.05) is 75.4 Å². The average molecular weight is 1190 g/mol. The van der Waals surface area contributed by atoms with Crippen LogP contribution in [0.3, 0.4) is 0 Å². The molecule has 19 nitrogen and oxygen atoms in total. The number of aliphatic imine (C=N–C) groups is 1. The second-order valence-corrected chi connectivity index (χ2v) is 23.2. The van der Waals surface area contributed by atoms with Crippen LogP contribution in [0.25, 0.3) is 16.0 Å². The van der Waals surface area contributed by atoms with Crippen molar-refractivity contribution in [3.05, 3.63) is 159 Å². The first kappa shape index (κ1) is 59.4. The molecule has 4 aliphatic heterocycles. The van der Waals surface area contributed by atoms with Crippen molar-refractivity contribution in [3.8, 4) is 22.6 Å². The lowest BCUT2D eigenvalue weighted by molar-refractivity contribution is -0.135. The molecule has 2 aromatic heterocycles. The van der Waals surface area contributed by atoms with Crippen LogP contribution in [0, 0.1) is 19.3 Å². The molecule has 21 heteroatoms. The third-order valence-electron chi connectivity index (χ3n) is 16.5. The highest BCUT2D eigenvalue weighted by molar-refractivity contribution is 6.30. The van der Waals surface area contributed by atoms with Gasteiger partial charge in [0, 0.05) is 73.5 Å². The van der Waals surface area contributed by atoms with E-state index in [0.29, 0.717) is 99.8 Å². The summed E-state index contributed by atoms with van der Waals surface area (Å²) in [6.45, 7) is 17.0. The third-order valence-corrected chi connectivity index (χ3v) is 16.8. The third kappa shape index (κ3) is 12.8. The number of nitrogen functional groups attached to an aromatic ring is 1. The Kier molecular flexibility index (Phi) is 18.0. The van der Waals surface area contributed by atoms with Crippen molar-refractivity contribution in [2.45, 2.75) is 109 Å².